The molecule has 0 atom stereocenters. The van der Waals surface area contributed by atoms with E-state index in [-0.39, 0.29) is 5.91 Å². The van der Waals surface area contributed by atoms with Crippen LogP contribution < -0.4 is 5.32 Å². The molecule has 0 saturated heterocycles. The molecule has 2 aromatic rings. The normalized spacial score (nSPS) is 10.2. The van der Waals surface area contributed by atoms with E-state index in [1.165, 1.54) is 0 Å². The lowest BCUT2D eigenvalue weighted by Gasteiger charge is -1.99. The third kappa shape index (κ3) is 2.25. The molecule has 0 aromatic carbocycles. The molecule has 78 valence electrons. The van der Waals surface area contributed by atoms with Gasteiger partial charge in [0.15, 0.2) is 0 Å². The molecular formula is C10H12N4O. The van der Waals surface area contributed by atoms with Crippen molar-refractivity contribution in [1.29, 1.82) is 0 Å². The lowest BCUT2D eigenvalue weighted by molar-refractivity contribution is 0.0946. The number of hydrogen-bond donors (Lipinski definition) is 2. The minimum atomic E-state index is -0.156. The molecule has 0 spiro atoms. The lowest BCUT2D eigenvalue weighted by Crippen LogP contribution is -2.22. The molecule has 0 radical (unpaired) electrons. The lowest BCUT2D eigenvalue weighted by atomic mass is 10.3. The monoisotopic (exact) mass is 204 g/mol. The molecule has 1 amide bonds. The summed E-state index contributed by atoms with van der Waals surface area (Å²) in [5, 5.41) is 2.78. The zero-order chi connectivity index (χ0) is 10.7. The van der Waals surface area contributed by atoms with Gasteiger partial charge in [0, 0.05) is 32.2 Å². The smallest absolute Gasteiger partial charge is 0.271 e. The number of rotatable bonds is 3. The average molecular weight is 204 g/mol. The van der Waals surface area contributed by atoms with Crippen LogP contribution in [0.2, 0.25) is 0 Å². The van der Waals surface area contributed by atoms with Crippen LogP contribution >= 0.6 is 0 Å². The first-order valence-electron chi connectivity index (χ1n) is 4.63. The van der Waals surface area contributed by atoms with Crippen LogP contribution in [0.1, 0.15) is 16.1 Å². The van der Waals surface area contributed by atoms with Crippen LogP contribution in [-0.2, 0) is 13.6 Å². The van der Waals surface area contributed by atoms with Gasteiger partial charge in [-0.2, -0.15) is 0 Å². The highest BCUT2D eigenvalue weighted by Gasteiger charge is 2.07. The van der Waals surface area contributed by atoms with E-state index >= 15 is 0 Å². The molecule has 5 heteroatoms. The molecule has 15 heavy (non-hydrogen) atoms. The van der Waals surface area contributed by atoms with Crippen LogP contribution in [0.4, 0.5) is 0 Å². The number of H-pyrrole nitrogens is 1. The minimum absolute atomic E-state index is 0.156. The minimum Gasteiger partial charge on any atom is -0.367 e. The largest absolute Gasteiger partial charge is 0.367 e. The number of imidazole rings is 1. The Morgan fingerprint density at radius 1 is 1.67 bits per heavy atom. The highest BCUT2D eigenvalue weighted by Crippen LogP contribution is 1.98. The van der Waals surface area contributed by atoms with Gasteiger partial charge in [0.05, 0.1) is 6.33 Å². The Hall–Kier alpha value is -2.04. The van der Waals surface area contributed by atoms with Crippen molar-refractivity contribution in [1.82, 2.24) is 19.9 Å². The summed E-state index contributed by atoms with van der Waals surface area (Å²) in [5.41, 5.74) is 1.48. The summed E-state index contributed by atoms with van der Waals surface area (Å²) in [6, 6.07) is 1.92. The van der Waals surface area contributed by atoms with Crippen LogP contribution in [-0.4, -0.2) is 20.4 Å². The summed E-state index contributed by atoms with van der Waals surface area (Å²) in [7, 11) is 1.83. The van der Waals surface area contributed by atoms with Gasteiger partial charge in [-0.25, -0.2) is 4.98 Å². The van der Waals surface area contributed by atoms with Crippen LogP contribution in [0.15, 0.2) is 31.0 Å². The molecule has 0 saturated carbocycles. The fraction of sp³-hybridized carbons (Fsp3) is 0.200. The summed E-state index contributed by atoms with van der Waals surface area (Å²) in [6.07, 6.45) is 6.96. The fourth-order valence-electron chi connectivity index (χ4n) is 1.27. The summed E-state index contributed by atoms with van der Waals surface area (Å²) >= 11 is 0. The number of nitrogens with one attached hydrogen (secondary N) is 2. The zero-order valence-corrected chi connectivity index (χ0v) is 8.40. The summed E-state index contributed by atoms with van der Waals surface area (Å²) in [6.45, 7) is 0.513. The van der Waals surface area contributed by atoms with Gasteiger partial charge in [0.2, 0.25) is 0 Å². The van der Waals surface area contributed by atoms with Gasteiger partial charge in [0.25, 0.3) is 5.91 Å². The molecule has 0 unspecified atom stereocenters. The number of aromatic amines is 1. The van der Waals surface area contributed by atoms with Crippen molar-refractivity contribution >= 4 is 5.91 Å². The number of aromatic nitrogens is 3. The molecule has 0 fully saturated rings. The standard InChI is InChI=1S/C10H12N4O/c1-14-6-9(13-7-14)10(15)12-5-8-2-3-11-4-8/h2-4,6-7,11H,5H2,1H3,(H,12,15). The molecule has 5 nitrogen and oxygen atoms in total. The Bertz CT molecular complexity index is 444. The van der Waals surface area contributed by atoms with E-state index in [0.29, 0.717) is 12.2 Å². The second-order valence-corrected chi connectivity index (χ2v) is 3.33. The van der Waals surface area contributed by atoms with Gasteiger partial charge >= 0.3 is 0 Å². The topological polar surface area (TPSA) is 62.7 Å². The predicted molar refractivity (Wildman–Crippen MR) is 55.2 cm³/mol. The van der Waals surface area contributed by atoms with Gasteiger partial charge < -0.3 is 14.9 Å². The first-order chi connectivity index (χ1) is 7.25. The number of carbonyl (C=O) groups is 1. The van der Waals surface area contributed by atoms with E-state index in [0.717, 1.165) is 5.56 Å². The van der Waals surface area contributed by atoms with Gasteiger partial charge in [-0.3, -0.25) is 4.79 Å². The van der Waals surface area contributed by atoms with Gasteiger partial charge in [-0.15, -0.1) is 0 Å². The Kier molecular flexibility index (Phi) is 2.53. The van der Waals surface area contributed by atoms with Crippen LogP contribution in [0, 0.1) is 0 Å². The molecule has 2 heterocycles. The first kappa shape index (κ1) is 9.51. The third-order valence-electron chi connectivity index (χ3n) is 2.05. The zero-order valence-electron chi connectivity index (χ0n) is 8.40. The van der Waals surface area contributed by atoms with Gasteiger partial charge in [-0.1, -0.05) is 0 Å². The van der Waals surface area contributed by atoms with Crippen molar-refractivity contribution in [3.05, 3.63) is 42.2 Å². The number of hydrogen-bond acceptors (Lipinski definition) is 2. The van der Waals surface area contributed by atoms with Crippen molar-refractivity contribution in [3.8, 4) is 0 Å². The quantitative estimate of drug-likeness (QED) is 0.772. The molecule has 0 aliphatic heterocycles. The second kappa shape index (κ2) is 4.00. The van der Waals surface area contributed by atoms with E-state index in [2.05, 4.69) is 15.3 Å². The van der Waals surface area contributed by atoms with Gasteiger partial charge in [0.1, 0.15) is 5.69 Å². The van der Waals surface area contributed by atoms with E-state index in [1.54, 1.807) is 17.1 Å². The molecule has 2 N–H and O–H groups in total. The Balaban J connectivity index is 1.93. The maximum atomic E-state index is 11.6. The molecule has 0 bridgehead atoms. The summed E-state index contributed by atoms with van der Waals surface area (Å²) < 4.78 is 1.74. The SMILES string of the molecule is Cn1cnc(C(=O)NCc2cc[nH]c2)c1. The maximum absolute atomic E-state index is 11.6. The molecule has 2 rings (SSSR count). The average Bonchev–Trinajstić information content (AvgIpc) is 2.84. The van der Waals surface area contributed by atoms with E-state index in [1.807, 2.05) is 25.5 Å². The van der Waals surface area contributed by atoms with Crippen LogP contribution in [0.3, 0.4) is 0 Å². The highest BCUT2D eigenvalue weighted by atomic mass is 16.1. The molecular weight excluding hydrogens is 192 g/mol. The molecule has 2 aromatic heterocycles. The van der Waals surface area contributed by atoms with Crippen molar-refractivity contribution < 1.29 is 4.79 Å². The Labute approximate surface area is 87.1 Å². The third-order valence-corrected chi connectivity index (χ3v) is 2.05. The van der Waals surface area contributed by atoms with Gasteiger partial charge in [-0.05, 0) is 11.6 Å². The van der Waals surface area contributed by atoms with E-state index in [4.69, 9.17) is 0 Å². The fourth-order valence-corrected chi connectivity index (χ4v) is 1.27. The highest BCUT2D eigenvalue weighted by molar-refractivity contribution is 5.91. The molecule has 0 aliphatic rings. The van der Waals surface area contributed by atoms with Crippen molar-refractivity contribution in [2.24, 2.45) is 7.05 Å². The number of aryl methyl sites for hydroxylation is 1. The number of amides is 1. The Morgan fingerprint density at radius 3 is 3.13 bits per heavy atom. The summed E-state index contributed by atoms with van der Waals surface area (Å²) in [5.74, 6) is -0.156. The van der Waals surface area contributed by atoms with Crippen molar-refractivity contribution in [2.75, 3.05) is 0 Å². The van der Waals surface area contributed by atoms with Crippen molar-refractivity contribution in [3.63, 3.8) is 0 Å². The Morgan fingerprint density at radius 2 is 2.53 bits per heavy atom. The van der Waals surface area contributed by atoms with Crippen LogP contribution in [0.5, 0.6) is 0 Å². The van der Waals surface area contributed by atoms with Crippen LogP contribution in [0.25, 0.3) is 0 Å². The number of nitrogens with zero attached hydrogens (tertiary/aromatic N) is 2. The number of carbonyl (C=O) groups excluding carboxylic acids is 1. The molecule has 0 aliphatic carbocycles. The summed E-state index contributed by atoms with van der Waals surface area (Å²) in [4.78, 5) is 18.4. The maximum Gasteiger partial charge on any atom is 0.271 e. The van der Waals surface area contributed by atoms with Crippen molar-refractivity contribution in [2.45, 2.75) is 6.54 Å². The van der Waals surface area contributed by atoms with E-state index < -0.39 is 0 Å². The second-order valence-electron chi connectivity index (χ2n) is 3.33. The van der Waals surface area contributed by atoms with E-state index in [9.17, 15) is 4.79 Å². The first-order valence-corrected chi connectivity index (χ1v) is 4.63. The predicted octanol–water partition coefficient (Wildman–Crippen LogP) is 0.678.